The number of ether oxygens (including phenoxy) is 5. The molecule has 0 unspecified atom stereocenters. The van der Waals surface area contributed by atoms with Crippen molar-refractivity contribution in [2.75, 3.05) is 27.3 Å². The zero-order valence-corrected chi connectivity index (χ0v) is 36.8. The number of fused-ring (bicyclic) bond motifs is 5. The number of pyridine rings is 1. The maximum atomic E-state index is 14.5. The van der Waals surface area contributed by atoms with Gasteiger partial charge in [-0.1, -0.05) is 32.0 Å². The van der Waals surface area contributed by atoms with E-state index in [9.17, 15) is 24.6 Å². The number of hydrogen-bond acceptors (Lipinski definition) is 15. The van der Waals surface area contributed by atoms with Crippen LogP contribution in [0.2, 0.25) is 0 Å². The Morgan fingerprint density at radius 2 is 1.86 bits per heavy atom. The van der Waals surface area contributed by atoms with Gasteiger partial charge in [-0.2, -0.15) is 0 Å². The Morgan fingerprint density at radius 3 is 2.53 bits per heavy atom. The number of aliphatic imine (C=N–C) groups is 1. The van der Waals surface area contributed by atoms with Gasteiger partial charge in [0.05, 0.1) is 37.1 Å². The molecule has 0 aliphatic carbocycles. The summed E-state index contributed by atoms with van der Waals surface area (Å²) in [7, 11) is 3.74. The number of amides is 1. The van der Waals surface area contributed by atoms with Crippen molar-refractivity contribution in [3.8, 4) is 10.4 Å². The number of thiophene rings is 1. The molecule has 5 heterocycles. The monoisotopic (exact) mass is 842 g/mol. The Balaban J connectivity index is 1.61. The maximum absolute atomic E-state index is 14.5. The topological polar surface area (TPSA) is 188 Å². The summed E-state index contributed by atoms with van der Waals surface area (Å²) >= 11 is 1.54. The minimum atomic E-state index is -1.82. The molecule has 3 aliphatic rings. The van der Waals surface area contributed by atoms with Crippen molar-refractivity contribution in [2.24, 2.45) is 27.9 Å². The lowest BCUT2D eigenvalue weighted by Gasteiger charge is -2.47. The molecular formula is C43H62N4O11S. The van der Waals surface area contributed by atoms with Crippen LogP contribution >= 0.6 is 11.3 Å². The summed E-state index contributed by atoms with van der Waals surface area (Å²) in [5.74, 6) is -4.52. The van der Waals surface area contributed by atoms with Crippen LogP contribution in [-0.4, -0.2) is 131 Å². The molecule has 3 fully saturated rings. The normalized spacial score (nSPS) is 36.8. The molecule has 2 bridgehead atoms. The number of cyclic esters (lactones) is 1. The second kappa shape index (κ2) is 19.9. The SMILES string of the molecule is CC[C@@H]1OC(=O)[C@H](C)C(=O)[C@H](C)[C@@H](O[C@@H]2O[C@H](C)C[C@H](N(C)C)[C@H]2O)[C@@]2(C)C[C@@H](C)C(=NC(C)=O)C[C@H](OC/C(=N/OCc3ccc(-c4cccnc4)s3)CO2)[C@]1(C)O. The lowest BCUT2D eigenvalue weighted by Crippen LogP contribution is -2.59. The molecule has 2 aromatic heterocycles. The van der Waals surface area contributed by atoms with Gasteiger partial charge in [0.2, 0.25) is 5.91 Å². The molecular weight excluding hydrogens is 781 g/mol. The van der Waals surface area contributed by atoms with Gasteiger partial charge in [-0.05, 0) is 85.2 Å². The van der Waals surface area contributed by atoms with Crippen molar-refractivity contribution in [1.82, 2.24) is 9.88 Å². The number of ketones is 1. The van der Waals surface area contributed by atoms with Crippen LogP contribution in [0.4, 0.5) is 0 Å². The van der Waals surface area contributed by atoms with Crippen LogP contribution in [0.1, 0.15) is 86.0 Å². The molecule has 0 spiro atoms. The van der Waals surface area contributed by atoms with E-state index in [4.69, 9.17) is 28.5 Å². The van der Waals surface area contributed by atoms with Gasteiger partial charge >= 0.3 is 5.97 Å². The lowest BCUT2D eigenvalue weighted by molar-refractivity contribution is -0.296. The van der Waals surface area contributed by atoms with Gasteiger partial charge in [0.15, 0.2) is 18.7 Å². The minimum absolute atomic E-state index is 0.0135. The second-order valence-corrected chi connectivity index (χ2v) is 18.0. The molecule has 3 saturated heterocycles. The van der Waals surface area contributed by atoms with Crippen molar-refractivity contribution in [2.45, 2.75) is 142 Å². The molecule has 0 saturated carbocycles. The Labute approximate surface area is 351 Å². The van der Waals surface area contributed by atoms with Gasteiger partial charge in [0.1, 0.15) is 29.4 Å². The van der Waals surface area contributed by atoms with Crippen LogP contribution in [0.5, 0.6) is 0 Å². The van der Waals surface area contributed by atoms with E-state index in [2.05, 4.69) is 15.1 Å². The molecule has 2 N–H and O–H groups in total. The van der Waals surface area contributed by atoms with Crippen molar-refractivity contribution in [1.29, 1.82) is 0 Å². The zero-order chi connectivity index (χ0) is 43.2. The number of esters is 1. The van der Waals surface area contributed by atoms with Crippen molar-refractivity contribution >= 4 is 40.4 Å². The highest BCUT2D eigenvalue weighted by Crippen LogP contribution is 2.39. The molecule has 16 heteroatoms. The molecule has 0 aromatic carbocycles. The number of likely N-dealkylation sites (N-methyl/N-ethyl adjacent to an activating group) is 1. The number of oxime groups is 1. The first-order chi connectivity index (χ1) is 27.8. The first-order valence-electron chi connectivity index (χ1n) is 20.5. The van der Waals surface area contributed by atoms with Crippen LogP contribution in [0.25, 0.3) is 10.4 Å². The van der Waals surface area contributed by atoms with Gasteiger partial charge in [0, 0.05) is 58.7 Å². The molecule has 59 heavy (non-hydrogen) atoms. The fourth-order valence-corrected chi connectivity index (χ4v) is 9.23. The van der Waals surface area contributed by atoms with Crippen LogP contribution < -0.4 is 0 Å². The third kappa shape index (κ3) is 11.3. The van der Waals surface area contributed by atoms with Gasteiger partial charge in [-0.25, -0.2) is 4.99 Å². The second-order valence-electron chi connectivity index (χ2n) is 16.9. The average Bonchev–Trinajstić information content (AvgIpc) is 3.66. The third-order valence-electron chi connectivity index (χ3n) is 11.8. The Kier molecular flexibility index (Phi) is 15.7. The van der Waals surface area contributed by atoms with Crippen LogP contribution in [-0.2, 0) is 49.5 Å². The van der Waals surface area contributed by atoms with Crippen molar-refractivity contribution in [3.05, 3.63) is 41.5 Å². The molecule has 5 rings (SSSR count). The first kappa shape index (κ1) is 46.6. The van der Waals surface area contributed by atoms with Gasteiger partial charge in [-0.15, -0.1) is 11.3 Å². The van der Waals surface area contributed by atoms with E-state index < -0.39 is 77.3 Å². The Morgan fingerprint density at radius 1 is 1.12 bits per heavy atom. The van der Waals surface area contributed by atoms with Gasteiger partial charge < -0.3 is 43.6 Å². The van der Waals surface area contributed by atoms with Crippen LogP contribution in [0, 0.1) is 17.8 Å². The van der Waals surface area contributed by atoms with E-state index >= 15 is 0 Å². The summed E-state index contributed by atoms with van der Waals surface area (Å²) in [6.07, 6.45) is -1.47. The third-order valence-corrected chi connectivity index (χ3v) is 12.9. The lowest BCUT2D eigenvalue weighted by atomic mass is 9.76. The van der Waals surface area contributed by atoms with Crippen LogP contribution in [0.3, 0.4) is 0 Å². The maximum Gasteiger partial charge on any atom is 0.316 e. The fourth-order valence-electron chi connectivity index (χ4n) is 8.33. The van der Waals surface area contributed by atoms with E-state index in [-0.39, 0.29) is 51.2 Å². The van der Waals surface area contributed by atoms with E-state index in [1.807, 2.05) is 57.1 Å². The molecule has 12 atom stereocenters. The fraction of sp³-hybridized carbons (Fsp3) is 0.674. The number of aromatic nitrogens is 1. The van der Waals surface area contributed by atoms with Gasteiger partial charge in [-0.3, -0.25) is 19.4 Å². The number of carbonyl (C=O) groups is 3. The summed E-state index contributed by atoms with van der Waals surface area (Å²) < 4.78 is 32.3. The quantitative estimate of drug-likeness (QED) is 0.206. The molecule has 2 aromatic rings. The number of Topliss-reactive ketones (excluding diaryl/α,β-unsaturated/α-hetero) is 1. The number of rotatable bonds is 8. The molecule has 0 radical (unpaired) electrons. The highest BCUT2D eigenvalue weighted by molar-refractivity contribution is 7.15. The van der Waals surface area contributed by atoms with Crippen molar-refractivity contribution < 1.29 is 53.1 Å². The number of aliphatic hydroxyl groups excluding tert-OH is 1. The first-order valence-corrected chi connectivity index (χ1v) is 21.3. The number of nitrogens with zero attached hydrogens (tertiary/aromatic N) is 4. The molecule has 3 aliphatic heterocycles. The highest BCUT2D eigenvalue weighted by atomic mass is 32.1. The van der Waals surface area contributed by atoms with E-state index in [0.29, 0.717) is 17.8 Å². The summed E-state index contributed by atoms with van der Waals surface area (Å²) in [4.78, 5) is 59.4. The standard InChI is InChI=1S/C43H62N4O11S/c1-11-35-43(8,52)36-18-32(45-28(6)48)24(2)19-42(7,54-22-30(21-53-36)46-55-23-31-14-15-34(59-31)29-13-12-16-44-20-29)39(26(4)37(49)27(5)40(51)57-35)58-41-38(50)33(47(9)10)17-25(3)56-41/h12-16,20,24-27,33,35-36,38-39,41,50,52H,11,17-19,21-23H2,1-10H3/b45-32?,46-30-/t24-,25-,26+,27-,33+,35+,36+,38-,39-,41+,42-,43-/m1/s1. The predicted molar refractivity (Wildman–Crippen MR) is 222 cm³/mol. The summed E-state index contributed by atoms with van der Waals surface area (Å²) in [5.41, 5.74) is -1.48. The Bertz CT molecular complexity index is 1820. The largest absolute Gasteiger partial charge is 0.459 e. The molecule has 326 valence electrons. The number of carbonyl (C=O) groups excluding carboxylic acids is 3. The highest BCUT2D eigenvalue weighted by Gasteiger charge is 2.51. The number of hydrogen-bond donors (Lipinski definition) is 2. The predicted octanol–water partition coefficient (Wildman–Crippen LogP) is 5.00. The molecule has 15 nitrogen and oxygen atoms in total. The average molecular weight is 843 g/mol. The van der Waals surface area contributed by atoms with Gasteiger partial charge in [0.25, 0.3) is 0 Å². The molecule has 1 amide bonds. The van der Waals surface area contributed by atoms with E-state index in [1.165, 1.54) is 20.8 Å². The van der Waals surface area contributed by atoms with Crippen molar-refractivity contribution in [3.63, 3.8) is 0 Å². The Hall–Kier alpha value is -3.48. The number of aliphatic hydroxyl groups is 2. The van der Waals surface area contributed by atoms with Crippen LogP contribution in [0.15, 0.2) is 46.8 Å². The minimum Gasteiger partial charge on any atom is -0.459 e. The zero-order valence-electron chi connectivity index (χ0n) is 36.0. The van der Waals surface area contributed by atoms with E-state index in [0.717, 1.165) is 15.3 Å². The summed E-state index contributed by atoms with van der Waals surface area (Å²) in [6.45, 7) is 13.1. The summed E-state index contributed by atoms with van der Waals surface area (Å²) in [6, 6.07) is 7.49. The summed E-state index contributed by atoms with van der Waals surface area (Å²) in [5, 5.41) is 28.4. The van der Waals surface area contributed by atoms with E-state index in [1.54, 1.807) is 44.5 Å². The smallest absolute Gasteiger partial charge is 0.316 e.